The van der Waals surface area contributed by atoms with Gasteiger partial charge in [-0.05, 0) is 30.2 Å². The summed E-state index contributed by atoms with van der Waals surface area (Å²) >= 11 is 0. The van der Waals surface area contributed by atoms with Crippen molar-refractivity contribution in [2.75, 3.05) is 0 Å². The molecule has 0 fully saturated rings. The summed E-state index contributed by atoms with van der Waals surface area (Å²) in [5.74, 6) is 0.831. The van der Waals surface area contributed by atoms with Crippen molar-refractivity contribution in [3.63, 3.8) is 0 Å². The van der Waals surface area contributed by atoms with Crippen molar-refractivity contribution in [1.29, 1.82) is 5.26 Å². The van der Waals surface area contributed by atoms with Gasteiger partial charge in [-0.3, -0.25) is 0 Å². The maximum absolute atomic E-state index is 8.58. The summed E-state index contributed by atoms with van der Waals surface area (Å²) in [6.45, 7) is 2.64. The topological polar surface area (TPSA) is 33.0 Å². The van der Waals surface area contributed by atoms with Crippen LogP contribution in [0.3, 0.4) is 0 Å². The van der Waals surface area contributed by atoms with E-state index in [-0.39, 0.29) is 0 Å². The van der Waals surface area contributed by atoms with Gasteiger partial charge >= 0.3 is 0 Å². The predicted octanol–water partition coefficient (Wildman–Crippen LogP) is 3.64. The first kappa shape index (κ1) is 12.2. The quantitative estimate of drug-likeness (QED) is 0.813. The molecule has 0 saturated carbocycles. The van der Waals surface area contributed by atoms with Crippen molar-refractivity contribution in [3.05, 3.63) is 65.2 Å². The van der Waals surface area contributed by atoms with Gasteiger partial charge in [0, 0.05) is 0 Å². The zero-order valence-electron chi connectivity index (χ0n) is 10.4. The molecule has 2 aromatic carbocycles. The minimum Gasteiger partial charge on any atom is -0.489 e. The molecule has 18 heavy (non-hydrogen) atoms. The van der Waals surface area contributed by atoms with Gasteiger partial charge in [0.15, 0.2) is 0 Å². The molecule has 0 unspecified atom stereocenters. The van der Waals surface area contributed by atoms with Gasteiger partial charge in [0.25, 0.3) is 0 Å². The van der Waals surface area contributed by atoms with Crippen molar-refractivity contribution in [2.45, 2.75) is 20.0 Å². The molecule has 2 aromatic rings. The first-order valence-electron chi connectivity index (χ1n) is 5.92. The molecular weight excluding hydrogens is 222 g/mol. The number of aryl methyl sites for hydroxylation is 1. The highest BCUT2D eigenvalue weighted by atomic mass is 16.5. The second-order valence-electron chi connectivity index (χ2n) is 4.25. The lowest BCUT2D eigenvalue weighted by Crippen LogP contribution is -1.95. The molecular formula is C16H15NO. The van der Waals surface area contributed by atoms with E-state index in [1.54, 1.807) is 0 Å². The summed E-state index contributed by atoms with van der Waals surface area (Å²) in [5, 5.41) is 8.58. The second kappa shape index (κ2) is 5.88. The lowest BCUT2D eigenvalue weighted by atomic mass is 10.1. The molecule has 0 N–H and O–H groups in total. The fraction of sp³-hybridized carbons (Fsp3) is 0.188. The molecule has 2 nitrogen and oxygen atoms in total. The molecule has 0 heterocycles. The van der Waals surface area contributed by atoms with Crippen molar-refractivity contribution in [2.24, 2.45) is 0 Å². The van der Waals surface area contributed by atoms with Gasteiger partial charge in [-0.15, -0.1) is 0 Å². The zero-order chi connectivity index (χ0) is 12.8. The van der Waals surface area contributed by atoms with Crippen LogP contribution in [0.5, 0.6) is 5.75 Å². The highest BCUT2D eigenvalue weighted by Gasteiger charge is 1.97. The van der Waals surface area contributed by atoms with Gasteiger partial charge in [0.1, 0.15) is 12.4 Å². The lowest BCUT2D eigenvalue weighted by Gasteiger charge is -2.07. The average molecular weight is 237 g/mol. The Morgan fingerprint density at radius 2 is 1.56 bits per heavy atom. The van der Waals surface area contributed by atoms with Crippen LogP contribution in [0, 0.1) is 18.3 Å². The Balaban J connectivity index is 1.94. The number of nitriles is 1. The van der Waals surface area contributed by atoms with Crippen LogP contribution in [0.4, 0.5) is 0 Å². The third-order valence-corrected chi connectivity index (χ3v) is 2.73. The van der Waals surface area contributed by atoms with E-state index in [0.717, 1.165) is 16.9 Å². The Morgan fingerprint density at radius 3 is 2.17 bits per heavy atom. The van der Waals surface area contributed by atoms with Crippen LogP contribution in [-0.4, -0.2) is 0 Å². The molecule has 0 bridgehead atoms. The minimum absolute atomic E-state index is 0.443. The lowest BCUT2D eigenvalue weighted by molar-refractivity contribution is 0.306. The van der Waals surface area contributed by atoms with Crippen LogP contribution in [0.25, 0.3) is 0 Å². The molecule has 0 amide bonds. The van der Waals surface area contributed by atoms with Crippen molar-refractivity contribution < 1.29 is 4.74 Å². The summed E-state index contributed by atoms with van der Waals surface area (Å²) in [5.41, 5.74) is 3.42. The van der Waals surface area contributed by atoms with E-state index in [1.165, 1.54) is 5.56 Å². The number of rotatable bonds is 4. The van der Waals surface area contributed by atoms with Gasteiger partial charge < -0.3 is 4.74 Å². The van der Waals surface area contributed by atoms with Gasteiger partial charge in [0.05, 0.1) is 12.5 Å². The fourth-order valence-electron chi connectivity index (χ4n) is 1.65. The van der Waals surface area contributed by atoms with E-state index < -0.39 is 0 Å². The van der Waals surface area contributed by atoms with Crippen molar-refractivity contribution in [3.8, 4) is 11.8 Å². The van der Waals surface area contributed by atoms with Crippen LogP contribution in [0.2, 0.25) is 0 Å². The summed E-state index contributed by atoms with van der Waals surface area (Å²) < 4.78 is 5.68. The summed E-state index contributed by atoms with van der Waals surface area (Å²) in [6, 6.07) is 18.1. The van der Waals surface area contributed by atoms with Crippen LogP contribution in [0.15, 0.2) is 48.5 Å². The molecule has 0 aliphatic heterocycles. The van der Waals surface area contributed by atoms with Gasteiger partial charge in [-0.1, -0.05) is 42.0 Å². The molecule has 2 heteroatoms. The fourth-order valence-corrected chi connectivity index (χ4v) is 1.65. The highest BCUT2D eigenvalue weighted by molar-refractivity contribution is 5.29. The number of hydrogen-bond acceptors (Lipinski definition) is 2. The highest BCUT2D eigenvalue weighted by Crippen LogP contribution is 2.14. The zero-order valence-corrected chi connectivity index (χ0v) is 10.4. The first-order valence-corrected chi connectivity index (χ1v) is 5.92. The normalized spacial score (nSPS) is 9.78. The molecule has 0 spiro atoms. The molecule has 0 aliphatic rings. The van der Waals surface area contributed by atoms with Crippen LogP contribution in [0.1, 0.15) is 16.7 Å². The Hall–Kier alpha value is -2.27. The Morgan fingerprint density at radius 1 is 0.944 bits per heavy atom. The van der Waals surface area contributed by atoms with E-state index in [1.807, 2.05) is 24.3 Å². The van der Waals surface area contributed by atoms with E-state index in [2.05, 4.69) is 37.3 Å². The molecule has 0 atom stereocenters. The van der Waals surface area contributed by atoms with Crippen molar-refractivity contribution in [1.82, 2.24) is 0 Å². The molecule has 0 radical (unpaired) electrons. The van der Waals surface area contributed by atoms with Gasteiger partial charge in [0.2, 0.25) is 0 Å². The Kier molecular flexibility index (Phi) is 3.98. The summed E-state index contributed by atoms with van der Waals surface area (Å²) in [6.07, 6.45) is 0.443. The first-order chi connectivity index (χ1) is 8.78. The smallest absolute Gasteiger partial charge is 0.119 e. The average Bonchev–Trinajstić information content (AvgIpc) is 2.40. The summed E-state index contributed by atoms with van der Waals surface area (Å²) in [7, 11) is 0. The van der Waals surface area contributed by atoms with E-state index in [4.69, 9.17) is 10.00 Å². The number of ether oxygens (including phenoxy) is 1. The van der Waals surface area contributed by atoms with Crippen LogP contribution in [-0.2, 0) is 13.0 Å². The Bertz CT molecular complexity index is 535. The monoisotopic (exact) mass is 237 g/mol. The second-order valence-corrected chi connectivity index (χ2v) is 4.25. The van der Waals surface area contributed by atoms with E-state index in [9.17, 15) is 0 Å². The Labute approximate surface area is 107 Å². The van der Waals surface area contributed by atoms with E-state index >= 15 is 0 Å². The molecule has 0 saturated heterocycles. The van der Waals surface area contributed by atoms with Crippen LogP contribution >= 0.6 is 0 Å². The molecule has 2 rings (SSSR count). The maximum atomic E-state index is 8.58. The van der Waals surface area contributed by atoms with Gasteiger partial charge in [-0.2, -0.15) is 5.26 Å². The molecule has 90 valence electrons. The van der Waals surface area contributed by atoms with E-state index in [0.29, 0.717) is 13.0 Å². The van der Waals surface area contributed by atoms with Crippen LogP contribution < -0.4 is 4.74 Å². The summed E-state index contributed by atoms with van der Waals surface area (Å²) in [4.78, 5) is 0. The van der Waals surface area contributed by atoms with Gasteiger partial charge in [-0.25, -0.2) is 0 Å². The SMILES string of the molecule is Cc1ccc(COc2ccc(CC#N)cc2)cc1. The van der Waals surface area contributed by atoms with Crippen molar-refractivity contribution >= 4 is 0 Å². The molecule has 0 aromatic heterocycles. The predicted molar refractivity (Wildman–Crippen MR) is 71.3 cm³/mol. The number of nitrogens with zero attached hydrogens (tertiary/aromatic N) is 1. The minimum atomic E-state index is 0.443. The number of hydrogen-bond donors (Lipinski definition) is 0. The largest absolute Gasteiger partial charge is 0.489 e. The third kappa shape index (κ3) is 3.36. The number of benzene rings is 2. The third-order valence-electron chi connectivity index (χ3n) is 2.73. The standard InChI is InChI=1S/C16H15NO/c1-13-2-4-15(5-3-13)12-18-16-8-6-14(7-9-16)10-11-17/h2-9H,10,12H2,1H3. The maximum Gasteiger partial charge on any atom is 0.119 e. The molecule has 0 aliphatic carbocycles.